The smallest absolute Gasteiger partial charge is 0.224 e. The second-order valence-corrected chi connectivity index (χ2v) is 6.29. The van der Waals surface area contributed by atoms with Crippen LogP contribution in [0.25, 0.3) is 0 Å². The lowest BCUT2D eigenvalue weighted by molar-refractivity contribution is -0.120. The quantitative estimate of drug-likeness (QED) is 0.698. The summed E-state index contributed by atoms with van der Waals surface area (Å²) in [6.07, 6.45) is 0.689. The molecule has 20 heavy (non-hydrogen) atoms. The molecule has 1 amide bonds. The Bertz CT molecular complexity index is 529. The Morgan fingerprint density at radius 1 is 1.20 bits per heavy atom. The highest BCUT2D eigenvalue weighted by atomic mass is 32.2. The van der Waals surface area contributed by atoms with Crippen molar-refractivity contribution in [3.05, 3.63) is 35.6 Å². The molecule has 5 nitrogen and oxygen atoms in total. The molecule has 0 aliphatic heterocycles. The van der Waals surface area contributed by atoms with Crippen LogP contribution in [0.4, 0.5) is 4.39 Å². The molecule has 0 saturated carbocycles. The normalized spacial score (nSPS) is 11.3. The molecule has 1 aromatic rings. The lowest BCUT2D eigenvalue weighted by Crippen LogP contribution is -2.36. The number of benzene rings is 1. The van der Waals surface area contributed by atoms with Crippen LogP contribution in [-0.4, -0.2) is 33.2 Å². The summed E-state index contributed by atoms with van der Waals surface area (Å²) < 4.78 is 37.8. The van der Waals surface area contributed by atoms with E-state index in [9.17, 15) is 17.6 Å². The van der Waals surface area contributed by atoms with Crippen molar-refractivity contribution in [2.45, 2.75) is 19.8 Å². The van der Waals surface area contributed by atoms with E-state index in [-0.39, 0.29) is 37.0 Å². The van der Waals surface area contributed by atoms with Crippen molar-refractivity contribution >= 4 is 15.9 Å². The summed E-state index contributed by atoms with van der Waals surface area (Å²) in [5.74, 6) is -0.498. The van der Waals surface area contributed by atoms with Gasteiger partial charge < -0.3 is 5.32 Å². The van der Waals surface area contributed by atoms with Crippen LogP contribution >= 0.6 is 0 Å². The summed E-state index contributed by atoms with van der Waals surface area (Å²) in [4.78, 5) is 11.6. The molecule has 112 valence electrons. The third-order valence-corrected chi connectivity index (χ3v) is 4.11. The molecule has 0 atom stereocenters. The molecule has 0 fully saturated rings. The highest BCUT2D eigenvalue weighted by Crippen LogP contribution is 2.03. The Kier molecular flexibility index (Phi) is 6.60. The first-order valence-electron chi connectivity index (χ1n) is 6.41. The first-order valence-corrected chi connectivity index (χ1v) is 8.06. The number of hydrogen-bond donors (Lipinski definition) is 2. The Morgan fingerprint density at radius 2 is 1.85 bits per heavy atom. The van der Waals surface area contributed by atoms with E-state index < -0.39 is 10.0 Å². The van der Waals surface area contributed by atoms with E-state index in [0.29, 0.717) is 12.0 Å². The molecular weight excluding hydrogens is 283 g/mol. The number of carbonyl (C=O) groups is 1. The highest BCUT2D eigenvalue weighted by molar-refractivity contribution is 7.89. The van der Waals surface area contributed by atoms with Crippen LogP contribution in [0, 0.1) is 5.82 Å². The van der Waals surface area contributed by atoms with E-state index in [2.05, 4.69) is 10.0 Å². The number of nitrogens with one attached hydrogen (secondary N) is 2. The maximum absolute atomic E-state index is 12.7. The van der Waals surface area contributed by atoms with Crippen LogP contribution in [0.5, 0.6) is 0 Å². The van der Waals surface area contributed by atoms with Gasteiger partial charge in [-0.1, -0.05) is 19.1 Å². The van der Waals surface area contributed by atoms with Gasteiger partial charge in [-0.25, -0.2) is 17.5 Å². The molecule has 1 rings (SSSR count). The van der Waals surface area contributed by atoms with Crippen molar-refractivity contribution in [1.29, 1.82) is 0 Å². The van der Waals surface area contributed by atoms with Gasteiger partial charge in [-0.3, -0.25) is 4.79 Å². The maximum Gasteiger partial charge on any atom is 0.224 e. The second-order valence-electron chi connectivity index (χ2n) is 4.37. The predicted octanol–water partition coefficient (Wildman–Crippen LogP) is 0.814. The van der Waals surface area contributed by atoms with E-state index in [1.54, 1.807) is 19.1 Å². The fourth-order valence-corrected chi connectivity index (χ4v) is 2.69. The lowest BCUT2D eigenvalue weighted by Gasteiger charge is -2.07. The van der Waals surface area contributed by atoms with Crippen molar-refractivity contribution < 1.29 is 17.6 Å². The van der Waals surface area contributed by atoms with Gasteiger partial charge in [0.2, 0.25) is 15.9 Å². The topological polar surface area (TPSA) is 75.3 Å². The Labute approximate surface area is 118 Å². The molecule has 0 unspecified atom stereocenters. The molecule has 7 heteroatoms. The van der Waals surface area contributed by atoms with Gasteiger partial charge in [0, 0.05) is 13.1 Å². The first kappa shape index (κ1) is 16.6. The zero-order valence-electron chi connectivity index (χ0n) is 11.4. The number of amides is 1. The average molecular weight is 302 g/mol. The van der Waals surface area contributed by atoms with Crippen LogP contribution in [0.3, 0.4) is 0 Å². The summed E-state index contributed by atoms with van der Waals surface area (Å²) in [7, 11) is -3.24. The molecule has 0 aliphatic rings. The molecule has 2 N–H and O–H groups in total. The van der Waals surface area contributed by atoms with Crippen LogP contribution in [0.15, 0.2) is 24.3 Å². The largest absolute Gasteiger partial charge is 0.355 e. The van der Waals surface area contributed by atoms with Crippen molar-refractivity contribution in [2.24, 2.45) is 0 Å². The number of halogens is 1. The van der Waals surface area contributed by atoms with Crippen molar-refractivity contribution in [1.82, 2.24) is 10.0 Å². The zero-order chi connectivity index (χ0) is 15.0. The van der Waals surface area contributed by atoms with Gasteiger partial charge in [0.25, 0.3) is 0 Å². The predicted molar refractivity (Wildman–Crippen MR) is 75.2 cm³/mol. The summed E-state index contributed by atoms with van der Waals surface area (Å²) in [5, 5.41) is 2.60. The maximum atomic E-state index is 12.7. The average Bonchev–Trinajstić information content (AvgIpc) is 2.37. The fraction of sp³-hybridized carbons (Fsp3) is 0.462. The number of rotatable bonds is 8. The molecule has 0 spiro atoms. The number of hydrogen-bond acceptors (Lipinski definition) is 3. The zero-order valence-corrected chi connectivity index (χ0v) is 12.2. The van der Waals surface area contributed by atoms with Crippen molar-refractivity contribution in [3.63, 3.8) is 0 Å². The van der Waals surface area contributed by atoms with E-state index in [1.807, 2.05) is 0 Å². The van der Waals surface area contributed by atoms with E-state index >= 15 is 0 Å². The monoisotopic (exact) mass is 302 g/mol. The third kappa shape index (κ3) is 6.63. The van der Waals surface area contributed by atoms with E-state index in [4.69, 9.17) is 0 Å². The summed E-state index contributed by atoms with van der Waals surface area (Å²) in [6, 6.07) is 5.67. The molecule has 1 aromatic carbocycles. The molecular formula is C13H19FN2O3S. The van der Waals surface area contributed by atoms with Crippen LogP contribution < -0.4 is 10.0 Å². The van der Waals surface area contributed by atoms with Gasteiger partial charge in [0.15, 0.2) is 0 Å². The molecule has 0 radical (unpaired) electrons. The Morgan fingerprint density at radius 3 is 2.45 bits per heavy atom. The molecule has 0 heterocycles. The summed E-state index contributed by atoms with van der Waals surface area (Å²) in [6.45, 7) is 2.17. The third-order valence-electron chi connectivity index (χ3n) is 2.52. The van der Waals surface area contributed by atoms with Gasteiger partial charge >= 0.3 is 0 Å². The molecule has 0 bridgehead atoms. The Hall–Kier alpha value is -1.47. The minimum absolute atomic E-state index is 0.0799. The van der Waals surface area contributed by atoms with Gasteiger partial charge in [-0.15, -0.1) is 0 Å². The minimum atomic E-state index is -3.24. The van der Waals surface area contributed by atoms with Gasteiger partial charge in [0.05, 0.1) is 12.2 Å². The van der Waals surface area contributed by atoms with Gasteiger partial charge in [-0.05, 0) is 24.1 Å². The summed E-state index contributed by atoms with van der Waals surface area (Å²) >= 11 is 0. The lowest BCUT2D eigenvalue weighted by atomic mass is 10.1. The molecule has 0 saturated heterocycles. The molecule has 0 aliphatic carbocycles. The van der Waals surface area contributed by atoms with Crippen LogP contribution in [0.1, 0.15) is 18.9 Å². The van der Waals surface area contributed by atoms with Crippen LogP contribution in [-0.2, 0) is 21.2 Å². The standard InChI is InChI=1S/C13H19FN2O3S/c1-2-9-20(18,19)16-8-7-15-13(17)10-11-3-5-12(14)6-4-11/h3-6,16H,2,7-10H2,1H3,(H,15,17). The van der Waals surface area contributed by atoms with Gasteiger partial charge in [0.1, 0.15) is 5.82 Å². The minimum Gasteiger partial charge on any atom is -0.355 e. The van der Waals surface area contributed by atoms with Crippen molar-refractivity contribution in [2.75, 3.05) is 18.8 Å². The molecule has 0 aromatic heterocycles. The Balaban J connectivity index is 2.25. The first-order chi connectivity index (χ1) is 9.43. The number of sulfonamides is 1. The van der Waals surface area contributed by atoms with Crippen LogP contribution in [0.2, 0.25) is 0 Å². The highest BCUT2D eigenvalue weighted by Gasteiger charge is 2.08. The SMILES string of the molecule is CCCS(=O)(=O)NCCNC(=O)Cc1ccc(F)cc1. The van der Waals surface area contributed by atoms with E-state index in [1.165, 1.54) is 12.1 Å². The number of carbonyl (C=O) groups excluding carboxylic acids is 1. The second kappa shape index (κ2) is 7.96. The fourth-order valence-electron chi connectivity index (χ4n) is 1.60. The van der Waals surface area contributed by atoms with Gasteiger partial charge in [-0.2, -0.15) is 0 Å². The van der Waals surface area contributed by atoms with Crippen molar-refractivity contribution in [3.8, 4) is 0 Å². The van der Waals surface area contributed by atoms with E-state index in [0.717, 1.165) is 0 Å². The summed E-state index contributed by atoms with van der Waals surface area (Å²) in [5.41, 5.74) is 0.704.